The first-order valence-corrected chi connectivity index (χ1v) is 6.44. The molecule has 0 aliphatic heterocycles. The summed E-state index contributed by atoms with van der Waals surface area (Å²) in [7, 11) is -2.12. The van der Waals surface area contributed by atoms with Crippen molar-refractivity contribution in [2.24, 2.45) is 18.1 Å². The molecule has 84 valence electrons. The Morgan fingerprint density at radius 2 is 2.13 bits per heavy atom. The zero-order chi connectivity index (χ0) is 11.1. The second-order valence-electron chi connectivity index (χ2n) is 4.00. The largest absolute Gasteiger partial charge is 0.304 e. The van der Waals surface area contributed by atoms with Crippen molar-refractivity contribution < 1.29 is 8.42 Å². The van der Waals surface area contributed by atoms with E-state index < -0.39 is 10.0 Å². The van der Waals surface area contributed by atoms with Gasteiger partial charge in [-0.1, -0.05) is 19.3 Å². The minimum Gasteiger partial charge on any atom is -0.304 e. The van der Waals surface area contributed by atoms with Gasteiger partial charge in [0.25, 0.3) is 15.2 Å². The molecular formula is C8H14N4O2S. The summed E-state index contributed by atoms with van der Waals surface area (Å²) in [6.07, 6.45) is 4.43. The Balaban J connectivity index is 2.23. The Bertz CT molecular complexity index is 461. The first-order valence-electron chi connectivity index (χ1n) is 4.89. The standard InChI is InChI=1S/C8H14N4O2S/c1-12-7(5-6-3-2-4-6)10-11-8(12)15(9,13)14/h6H,2-5H2,1H3,(H2,9,13,14). The first kappa shape index (κ1) is 10.6. The Kier molecular flexibility index (Phi) is 2.51. The Morgan fingerprint density at radius 3 is 2.53 bits per heavy atom. The van der Waals surface area contributed by atoms with Crippen LogP contribution in [0.3, 0.4) is 0 Å². The van der Waals surface area contributed by atoms with Crippen molar-refractivity contribution >= 4 is 10.0 Å². The van der Waals surface area contributed by atoms with Crippen LogP contribution in [0.5, 0.6) is 0 Å². The number of rotatable bonds is 3. The van der Waals surface area contributed by atoms with Crippen LogP contribution >= 0.6 is 0 Å². The van der Waals surface area contributed by atoms with Gasteiger partial charge >= 0.3 is 0 Å². The van der Waals surface area contributed by atoms with Crippen LogP contribution in [0.15, 0.2) is 5.16 Å². The molecule has 1 aromatic heterocycles. The fraction of sp³-hybridized carbons (Fsp3) is 0.750. The Hall–Kier alpha value is -0.950. The van der Waals surface area contributed by atoms with Crippen LogP contribution < -0.4 is 5.14 Å². The van der Waals surface area contributed by atoms with Crippen LogP contribution in [0.2, 0.25) is 0 Å². The average Bonchev–Trinajstić information content (AvgIpc) is 2.39. The van der Waals surface area contributed by atoms with Gasteiger partial charge in [-0.25, -0.2) is 13.6 Å². The minimum atomic E-state index is -3.75. The molecule has 0 aromatic carbocycles. The molecule has 1 aliphatic carbocycles. The van der Waals surface area contributed by atoms with Gasteiger partial charge in [-0.3, -0.25) is 0 Å². The van der Waals surface area contributed by atoms with Crippen LogP contribution in [-0.4, -0.2) is 23.2 Å². The quantitative estimate of drug-likeness (QED) is 0.778. The monoisotopic (exact) mass is 230 g/mol. The summed E-state index contributed by atoms with van der Waals surface area (Å²) >= 11 is 0. The lowest BCUT2D eigenvalue weighted by Gasteiger charge is -2.24. The third-order valence-corrected chi connectivity index (χ3v) is 3.74. The van der Waals surface area contributed by atoms with Crippen molar-refractivity contribution in [2.75, 3.05) is 0 Å². The van der Waals surface area contributed by atoms with Gasteiger partial charge in [0, 0.05) is 13.5 Å². The molecular weight excluding hydrogens is 216 g/mol. The maximum Gasteiger partial charge on any atom is 0.273 e. The molecule has 0 unspecified atom stereocenters. The molecule has 1 saturated carbocycles. The van der Waals surface area contributed by atoms with Gasteiger partial charge in [-0.15, -0.1) is 10.2 Å². The molecule has 0 bridgehead atoms. The predicted molar refractivity (Wildman–Crippen MR) is 53.4 cm³/mol. The van der Waals surface area contributed by atoms with Crippen molar-refractivity contribution in [1.29, 1.82) is 0 Å². The van der Waals surface area contributed by atoms with E-state index in [1.54, 1.807) is 7.05 Å². The SMILES string of the molecule is Cn1c(CC2CCC2)nnc1S(N)(=O)=O. The number of hydrogen-bond acceptors (Lipinski definition) is 4. The molecule has 1 fully saturated rings. The fourth-order valence-corrected chi connectivity index (χ4v) is 2.37. The van der Waals surface area contributed by atoms with Crippen molar-refractivity contribution in [3.63, 3.8) is 0 Å². The van der Waals surface area contributed by atoms with Crippen molar-refractivity contribution in [3.8, 4) is 0 Å². The number of sulfonamides is 1. The van der Waals surface area contributed by atoms with Crippen molar-refractivity contribution in [1.82, 2.24) is 14.8 Å². The van der Waals surface area contributed by atoms with E-state index in [0.717, 1.165) is 6.42 Å². The van der Waals surface area contributed by atoms with Crippen LogP contribution in [-0.2, 0) is 23.5 Å². The molecule has 6 nitrogen and oxygen atoms in total. The molecule has 0 atom stereocenters. The molecule has 1 aliphatic rings. The number of nitrogens with two attached hydrogens (primary N) is 1. The van der Waals surface area contributed by atoms with Gasteiger partial charge in [0.15, 0.2) is 0 Å². The van der Waals surface area contributed by atoms with Crippen LogP contribution in [0.1, 0.15) is 25.1 Å². The predicted octanol–water partition coefficient (Wildman–Crippen LogP) is -0.195. The lowest BCUT2D eigenvalue weighted by atomic mass is 9.83. The molecule has 0 radical (unpaired) electrons. The average molecular weight is 230 g/mol. The van der Waals surface area contributed by atoms with E-state index in [4.69, 9.17) is 5.14 Å². The fourth-order valence-electron chi connectivity index (χ4n) is 1.73. The second-order valence-corrected chi connectivity index (χ2v) is 5.46. The molecule has 15 heavy (non-hydrogen) atoms. The minimum absolute atomic E-state index is 0.156. The highest BCUT2D eigenvalue weighted by molar-refractivity contribution is 7.89. The molecule has 7 heteroatoms. The van der Waals surface area contributed by atoms with Crippen LogP contribution in [0, 0.1) is 5.92 Å². The molecule has 0 saturated heterocycles. The summed E-state index contributed by atoms with van der Waals surface area (Å²) in [6, 6.07) is 0. The van der Waals surface area contributed by atoms with E-state index in [9.17, 15) is 8.42 Å². The second kappa shape index (κ2) is 3.57. The smallest absolute Gasteiger partial charge is 0.273 e. The van der Waals surface area contributed by atoms with Gasteiger partial charge in [0.2, 0.25) is 0 Å². The number of primary sulfonamides is 1. The summed E-state index contributed by atoms with van der Waals surface area (Å²) in [5.41, 5.74) is 0. The number of hydrogen-bond donors (Lipinski definition) is 1. The maximum absolute atomic E-state index is 11.1. The van der Waals surface area contributed by atoms with E-state index >= 15 is 0 Å². The topological polar surface area (TPSA) is 90.9 Å². The summed E-state index contributed by atoms with van der Waals surface area (Å²) in [6.45, 7) is 0. The van der Waals surface area contributed by atoms with E-state index in [1.807, 2.05) is 0 Å². The van der Waals surface area contributed by atoms with Crippen molar-refractivity contribution in [3.05, 3.63) is 5.82 Å². The summed E-state index contributed by atoms with van der Waals surface area (Å²) < 4.78 is 23.6. The zero-order valence-corrected chi connectivity index (χ0v) is 9.37. The first-order chi connectivity index (χ1) is 6.98. The lowest BCUT2D eigenvalue weighted by molar-refractivity contribution is 0.306. The van der Waals surface area contributed by atoms with Crippen molar-refractivity contribution in [2.45, 2.75) is 30.8 Å². The third kappa shape index (κ3) is 2.03. The summed E-state index contributed by atoms with van der Waals surface area (Å²) in [5.74, 6) is 1.32. The normalized spacial score (nSPS) is 17.7. The van der Waals surface area contributed by atoms with E-state index in [2.05, 4.69) is 10.2 Å². The summed E-state index contributed by atoms with van der Waals surface area (Å²) in [5, 5.41) is 12.3. The summed E-state index contributed by atoms with van der Waals surface area (Å²) in [4.78, 5) is 0. The molecule has 1 heterocycles. The number of aromatic nitrogens is 3. The van der Waals surface area contributed by atoms with Crippen LogP contribution in [0.25, 0.3) is 0 Å². The van der Waals surface area contributed by atoms with E-state index in [0.29, 0.717) is 11.7 Å². The highest BCUT2D eigenvalue weighted by atomic mass is 32.2. The lowest BCUT2D eigenvalue weighted by Crippen LogP contribution is -2.19. The molecule has 2 N–H and O–H groups in total. The van der Waals surface area contributed by atoms with Gasteiger partial charge in [0.05, 0.1) is 0 Å². The Labute approximate surface area is 88.5 Å². The highest BCUT2D eigenvalue weighted by Gasteiger charge is 2.23. The third-order valence-electron chi connectivity index (χ3n) is 2.88. The zero-order valence-electron chi connectivity index (χ0n) is 8.55. The molecule has 0 spiro atoms. The van der Waals surface area contributed by atoms with Crippen LogP contribution in [0.4, 0.5) is 0 Å². The highest BCUT2D eigenvalue weighted by Crippen LogP contribution is 2.29. The molecule has 0 amide bonds. The van der Waals surface area contributed by atoms with Gasteiger partial charge in [0.1, 0.15) is 5.82 Å². The maximum atomic E-state index is 11.1. The van der Waals surface area contributed by atoms with Gasteiger partial charge in [-0.2, -0.15) is 0 Å². The van der Waals surface area contributed by atoms with E-state index in [1.165, 1.54) is 23.8 Å². The Morgan fingerprint density at radius 1 is 1.47 bits per heavy atom. The van der Waals surface area contributed by atoms with Gasteiger partial charge < -0.3 is 4.57 Å². The van der Waals surface area contributed by atoms with Gasteiger partial charge in [-0.05, 0) is 5.92 Å². The number of nitrogens with zero attached hydrogens (tertiary/aromatic N) is 3. The molecule has 1 aromatic rings. The molecule has 2 rings (SSSR count). The van der Waals surface area contributed by atoms with E-state index in [-0.39, 0.29) is 5.16 Å².